The largest absolute Gasteiger partial charge is 0.545 e. The molecule has 0 aromatic rings. The van der Waals surface area contributed by atoms with E-state index >= 15 is 0 Å². The molecule has 0 rings (SSSR count). The molecule has 0 bridgehead atoms. The van der Waals surface area contributed by atoms with Gasteiger partial charge in [-0.2, -0.15) is 0 Å². The minimum atomic E-state index is -3.91. The Morgan fingerprint density at radius 2 is 1.67 bits per heavy atom. The summed E-state index contributed by atoms with van der Waals surface area (Å²) in [5, 5.41) is 18.4. The van der Waals surface area contributed by atoms with E-state index in [4.69, 9.17) is 18.9 Å². The van der Waals surface area contributed by atoms with Gasteiger partial charge >= 0.3 is 13.8 Å². The van der Waals surface area contributed by atoms with E-state index in [2.05, 4.69) is 0 Å². The van der Waals surface area contributed by atoms with Crippen molar-refractivity contribution in [3.8, 4) is 0 Å². The highest BCUT2D eigenvalue weighted by atomic mass is 31.2. The van der Waals surface area contributed by atoms with Gasteiger partial charge in [-0.05, 0) is 18.4 Å². The highest BCUT2D eigenvalue weighted by Crippen LogP contribution is 2.42. The molecule has 0 saturated carbocycles. The lowest BCUT2D eigenvalue weighted by Gasteiger charge is -2.23. The van der Waals surface area contributed by atoms with Crippen LogP contribution in [0.2, 0.25) is 0 Å². The summed E-state index contributed by atoms with van der Waals surface area (Å²) in [6, 6.07) is 0. The predicted molar refractivity (Wildman–Crippen MR) is 96.7 cm³/mol. The number of carbonyl (C=O) groups is 2. The maximum Gasteiger partial charge on any atom is 0.472 e. The van der Waals surface area contributed by atoms with E-state index in [1.54, 1.807) is 13.8 Å². The fraction of sp³-hybridized carbons (Fsp3) is 0.750. The van der Waals surface area contributed by atoms with Gasteiger partial charge in [0.2, 0.25) is 0 Å². The van der Waals surface area contributed by atoms with Gasteiger partial charge in [-0.15, -0.1) is 0 Å². The van der Waals surface area contributed by atoms with Crippen LogP contribution in [0.3, 0.4) is 0 Å². The molecule has 0 heterocycles. The van der Waals surface area contributed by atoms with Crippen LogP contribution in [-0.2, 0) is 27.9 Å². The average Bonchev–Trinajstić information content (AvgIpc) is 2.47. The first kappa shape index (κ1) is 27.9. The molecule has 0 aliphatic heterocycles. The number of likely N-dealkylation sites (N-methyl/N-ethyl adjacent to an activating group) is 1. The molecule has 0 aliphatic carbocycles. The molecule has 0 aromatic heterocycles. The number of aliphatic carboxylic acids is 2. The second-order valence-corrected chi connectivity index (χ2v) is 8.18. The summed E-state index contributed by atoms with van der Waals surface area (Å²) in [7, 11) is 2.01. The third-order valence-electron chi connectivity index (χ3n) is 2.84. The van der Waals surface area contributed by atoms with Crippen LogP contribution >= 0.6 is 7.82 Å². The Hall–Kier alpha value is -1.29. The minimum absolute atomic E-state index is 0.0615. The van der Waals surface area contributed by atoms with Crippen LogP contribution in [0, 0.1) is 5.92 Å². The van der Waals surface area contributed by atoms with Crippen LogP contribution in [0.15, 0.2) is 11.6 Å². The van der Waals surface area contributed by atoms with Gasteiger partial charge in [0.1, 0.15) is 13.2 Å². The van der Waals surface area contributed by atoms with Crippen molar-refractivity contribution in [3.63, 3.8) is 0 Å². The molecule has 0 spiro atoms. The molecule has 1 atom stereocenters. The fourth-order valence-electron chi connectivity index (χ4n) is 1.42. The van der Waals surface area contributed by atoms with Crippen molar-refractivity contribution in [1.82, 2.24) is 0 Å². The molecule has 0 fully saturated rings. The van der Waals surface area contributed by atoms with E-state index in [0.717, 1.165) is 0 Å². The molecule has 0 aliphatic rings. The van der Waals surface area contributed by atoms with E-state index in [1.165, 1.54) is 0 Å². The monoisotopic (exact) mass is 413 g/mol. The van der Waals surface area contributed by atoms with Gasteiger partial charge in [-0.3, -0.25) is 9.05 Å². The number of carbonyl (C=O) groups excluding carboxylic acids is 1. The number of hydrogen-bond acceptors (Lipinski definition) is 7. The van der Waals surface area contributed by atoms with Gasteiger partial charge in [0.05, 0.1) is 40.3 Å². The molecule has 27 heavy (non-hydrogen) atoms. The summed E-state index contributed by atoms with van der Waals surface area (Å²) in [5.41, 5.74) is -0.197. The van der Waals surface area contributed by atoms with E-state index in [9.17, 15) is 24.2 Å². The molecule has 0 radical (unpaired) electrons. The average molecular weight is 413 g/mol. The number of phosphoric acid groups is 1. The van der Waals surface area contributed by atoms with Gasteiger partial charge in [0.25, 0.3) is 0 Å². The quantitative estimate of drug-likeness (QED) is 0.199. The molecule has 160 valence electrons. The summed E-state index contributed by atoms with van der Waals surface area (Å²) in [6.07, 6.45) is 0.653. The Bertz CT molecular complexity index is 526. The number of quaternary nitrogens is 1. The Balaban J connectivity index is 0. The van der Waals surface area contributed by atoms with Crippen molar-refractivity contribution in [3.05, 3.63) is 11.6 Å². The maximum absolute atomic E-state index is 11.3. The fourth-order valence-corrected chi connectivity index (χ4v) is 2.11. The first-order valence-electron chi connectivity index (χ1n) is 8.37. The SMILES string of the molecule is CC(C)/C(=C\C(=O)O)C(=O)[O-].CCOCCOP(=O)(O)OCC[N+](C)(C)C. The zero-order valence-electron chi connectivity index (χ0n) is 16.8. The topological polar surface area (TPSA) is 142 Å². The second kappa shape index (κ2) is 13.8. The molecule has 1 unspecified atom stereocenters. The van der Waals surface area contributed by atoms with Crippen molar-refractivity contribution in [2.24, 2.45) is 5.92 Å². The molecule has 10 nitrogen and oxygen atoms in total. The van der Waals surface area contributed by atoms with Crippen LogP contribution in [0.4, 0.5) is 0 Å². The van der Waals surface area contributed by atoms with Gasteiger partial charge in [-0.25, -0.2) is 9.36 Å². The predicted octanol–water partition coefficient (Wildman–Crippen LogP) is 0.266. The van der Waals surface area contributed by atoms with Gasteiger partial charge in [0.15, 0.2) is 0 Å². The number of ether oxygens (including phenoxy) is 1. The summed E-state index contributed by atoms with van der Waals surface area (Å²) >= 11 is 0. The van der Waals surface area contributed by atoms with Crippen LogP contribution in [0.25, 0.3) is 0 Å². The lowest BCUT2D eigenvalue weighted by molar-refractivity contribution is -0.870. The van der Waals surface area contributed by atoms with Gasteiger partial charge in [-0.1, -0.05) is 13.8 Å². The lowest BCUT2D eigenvalue weighted by atomic mass is 10.0. The minimum Gasteiger partial charge on any atom is -0.545 e. The smallest absolute Gasteiger partial charge is 0.472 e. The Morgan fingerprint density at radius 1 is 1.15 bits per heavy atom. The number of rotatable bonds is 12. The summed E-state index contributed by atoms with van der Waals surface area (Å²) in [4.78, 5) is 29.5. The van der Waals surface area contributed by atoms with Crippen LogP contribution < -0.4 is 5.11 Å². The molecule has 2 N–H and O–H groups in total. The molecular weight excluding hydrogens is 381 g/mol. The zero-order chi connectivity index (χ0) is 21.7. The van der Waals surface area contributed by atoms with Crippen LogP contribution in [-0.4, -0.2) is 80.5 Å². The highest BCUT2D eigenvalue weighted by Gasteiger charge is 2.22. The zero-order valence-corrected chi connectivity index (χ0v) is 17.7. The number of hydrogen-bond donors (Lipinski definition) is 2. The Labute approximate surface area is 160 Å². The van der Waals surface area contributed by atoms with Crippen LogP contribution in [0.5, 0.6) is 0 Å². The van der Waals surface area contributed by atoms with Gasteiger partial charge in [0, 0.05) is 12.7 Å². The highest BCUT2D eigenvalue weighted by molar-refractivity contribution is 7.47. The first-order chi connectivity index (χ1) is 12.2. The normalized spacial score (nSPS) is 14.3. The molecule has 0 saturated heterocycles. The van der Waals surface area contributed by atoms with E-state index in [1.807, 2.05) is 28.1 Å². The van der Waals surface area contributed by atoms with E-state index in [-0.39, 0.29) is 24.7 Å². The standard InChI is InChI=1S/C9H22NO5P.C7H10O4/c1-5-13-8-9-15-16(11,12)14-7-6-10(2,3)4;1-4(2)5(7(10)11)3-6(8)9/h5-9H2,1-4H3;3-4H,1-2H3,(H,8,9)(H,10,11)/b;5-3+. The molecule has 0 aromatic carbocycles. The number of nitrogens with zero attached hydrogens (tertiary/aromatic N) is 1. The number of phosphoric ester groups is 1. The first-order valence-corrected chi connectivity index (χ1v) is 9.87. The van der Waals surface area contributed by atoms with Crippen LogP contribution in [0.1, 0.15) is 20.8 Å². The molecule has 0 amide bonds. The number of carboxylic acids is 2. The summed E-state index contributed by atoms with van der Waals surface area (Å²) in [5.74, 6) is -3.03. The van der Waals surface area contributed by atoms with E-state index in [0.29, 0.717) is 30.3 Å². The maximum atomic E-state index is 11.3. The third kappa shape index (κ3) is 19.3. The Morgan fingerprint density at radius 3 is 2.00 bits per heavy atom. The van der Waals surface area contributed by atoms with Crippen molar-refractivity contribution >= 4 is 19.8 Å². The Kier molecular flexibility index (Phi) is 14.3. The lowest BCUT2D eigenvalue weighted by Crippen LogP contribution is -2.37. The van der Waals surface area contributed by atoms with Crippen molar-refractivity contribution in [2.75, 3.05) is 54.1 Å². The van der Waals surface area contributed by atoms with Crippen molar-refractivity contribution in [1.29, 1.82) is 0 Å². The van der Waals surface area contributed by atoms with E-state index < -0.39 is 19.8 Å². The van der Waals surface area contributed by atoms with Crippen molar-refractivity contribution < 1.29 is 47.5 Å². The third-order valence-corrected chi connectivity index (χ3v) is 3.86. The molecular formula is C16H32NO9P. The van der Waals surface area contributed by atoms with Crippen molar-refractivity contribution in [2.45, 2.75) is 20.8 Å². The number of carboxylic acid groups (broad SMARTS) is 2. The molecule has 11 heteroatoms. The summed E-state index contributed by atoms with van der Waals surface area (Å²) in [6.45, 7) is 6.75. The van der Waals surface area contributed by atoms with Gasteiger partial charge < -0.3 is 29.1 Å². The second-order valence-electron chi connectivity index (χ2n) is 6.73. The summed E-state index contributed by atoms with van der Waals surface area (Å²) < 4.78 is 26.5.